The molecule has 30 heavy (non-hydrogen) atoms. The van der Waals surface area contributed by atoms with Gasteiger partial charge in [0.25, 0.3) is 5.91 Å². The minimum Gasteiger partial charge on any atom is -0.338 e. The zero-order chi connectivity index (χ0) is 21.3. The maximum atomic E-state index is 13.0. The quantitative estimate of drug-likeness (QED) is 0.792. The highest BCUT2D eigenvalue weighted by Crippen LogP contribution is 2.27. The molecule has 2 aliphatic rings. The highest BCUT2D eigenvalue weighted by atomic mass is 35.5. The van der Waals surface area contributed by atoms with Gasteiger partial charge in [-0.3, -0.25) is 9.59 Å². The Balaban J connectivity index is 1.34. The number of carbonyl (C=O) groups excluding carboxylic acids is 2. The molecule has 0 radical (unpaired) electrons. The number of amides is 2. The molecule has 2 aromatic rings. The van der Waals surface area contributed by atoms with Crippen molar-refractivity contribution in [1.29, 1.82) is 0 Å². The molecule has 2 saturated heterocycles. The zero-order valence-corrected chi connectivity index (χ0v) is 18.1. The van der Waals surface area contributed by atoms with Crippen LogP contribution in [0.1, 0.15) is 39.5 Å². The summed E-state index contributed by atoms with van der Waals surface area (Å²) in [4.78, 5) is 29.4. The van der Waals surface area contributed by atoms with Gasteiger partial charge in [0.05, 0.1) is 10.6 Å². The fraction of sp³-hybridized carbons (Fsp3) is 0.391. The lowest BCUT2D eigenvalue weighted by Gasteiger charge is -2.36. The third kappa shape index (κ3) is 4.21. The van der Waals surface area contributed by atoms with Crippen molar-refractivity contribution < 1.29 is 9.59 Å². The topological polar surface area (TPSA) is 64.7 Å². The number of benzene rings is 2. The van der Waals surface area contributed by atoms with Crippen LogP contribution in [0.2, 0.25) is 5.02 Å². The van der Waals surface area contributed by atoms with E-state index in [2.05, 4.69) is 42.9 Å². The molecular formula is C23H27ClN4O2. The standard InChI is InChI=1S/C23H27ClN4O2/c1-15-7-8-17(16(2)13-15)20-14-21(26-25-20)23(30)28-11-9-27(10-12-28)22(29)18-5-3-4-6-19(18)24/h3-8,13,20-21,25-26H,9-12,14H2,1-2H3. The van der Waals surface area contributed by atoms with Crippen LogP contribution in [0.25, 0.3) is 0 Å². The van der Waals surface area contributed by atoms with E-state index in [0.29, 0.717) is 43.2 Å². The van der Waals surface area contributed by atoms with Crippen molar-refractivity contribution in [3.05, 3.63) is 69.7 Å². The molecule has 2 fully saturated rings. The van der Waals surface area contributed by atoms with E-state index in [1.54, 1.807) is 17.0 Å². The van der Waals surface area contributed by atoms with Gasteiger partial charge >= 0.3 is 0 Å². The molecule has 0 aromatic heterocycles. The number of hydrogen-bond acceptors (Lipinski definition) is 4. The minimum absolute atomic E-state index is 0.0803. The Morgan fingerprint density at radius 3 is 2.37 bits per heavy atom. The Kier molecular flexibility index (Phi) is 6.09. The van der Waals surface area contributed by atoms with E-state index in [4.69, 9.17) is 11.6 Å². The number of piperazine rings is 1. The summed E-state index contributed by atoms with van der Waals surface area (Å²) in [6, 6.07) is 13.3. The average Bonchev–Trinajstić information content (AvgIpc) is 3.23. The summed E-state index contributed by atoms with van der Waals surface area (Å²) in [5.41, 5.74) is 10.7. The van der Waals surface area contributed by atoms with Gasteiger partial charge in [0.15, 0.2) is 0 Å². The number of carbonyl (C=O) groups is 2. The van der Waals surface area contributed by atoms with Gasteiger partial charge in [-0.2, -0.15) is 0 Å². The molecule has 0 saturated carbocycles. The van der Waals surface area contributed by atoms with Gasteiger partial charge in [0, 0.05) is 32.2 Å². The molecule has 2 aliphatic heterocycles. The first-order valence-electron chi connectivity index (χ1n) is 10.3. The number of nitrogens with zero attached hydrogens (tertiary/aromatic N) is 2. The summed E-state index contributed by atoms with van der Waals surface area (Å²) < 4.78 is 0. The largest absolute Gasteiger partial charge is 0.338 e. The Morgan fingerprint density at radius 2 is 1.67 bits per heavy atom. The van der Waals surface area contributed by atoms with E-state index < -0.39 is 0 Å². The van der Waals surface area contributed by atoms with Gasteiger partial charge in [0.2, 0.25) is 5.91 Å². The van der Waals surface area contributed by atoms with Crippen molar-refractivity contribution in [2.75, 3.05) is 26.2 Å². The highest BCUT2D eigenvalue weighted by molar-refractivity contribution is 6.33. The van der Waals surface area contributed by atoms with E-state index in [1.807, 2.05) is 17.0 Å². The van der Waals surface area contributed by atoms with Crippen LogP contribution in [-0.4, -0.2) is 53.8 Å². The fourth-order valence-corrected chi connectivity index (χ4v) is 4.51. The maximum Gasteiger partial charge on any atom is 0.255 e. The molecule has 7 heteroatoms. The highest BCUT2D eigenvalue weighted by Gasteiger charge is 2.35. The fourth-order valence-electron chi connectivity index (χ4n) is 4.29. The molecule has 0 spiro atoms. The number of hydrogen-bond donors (Lipinski definition) is 2. The third-order valence-corrected chi connectivity index (χ3v) is 6.31. The van der Waals surface area contributed by atoms with E-state index in [9.17, 15) is 9.59 Å². The molecule has 2 atom stereocenters. The predicted molar refractivity (Wildman–Crippen MR) is 117 cm³/mol. The summed E-state index contributed by atoms with van der Waals surface area (Å²) in [6.45, 7) is 6.27. The van der Waals surface area contributed by atoms with Crippen molar-refractivity contribution in [1.82, 2.24) is 20.7 Å². The van der Waals surface area contributed by atoms with Gasteiger partial charge in [-0.15, -0.1) is 0 Å². The number of rotatable bonds is 3. The van der Waals surface area contributed by atoms with E-state index >= 15 is 0 Å². The predicted octanol–water partition coefficient (Wildman–Crippen LogP) is 2.85. The number of hydrazine groups is 1. The molecule has 158 valence electrons. The molecule has 2 amide bonds. The van der Waals surface area contributed by atoms with Crippen LogP contribution in [0.15, 0.2) is 42.5 Å². The Bertz CT molecular complexity index is 956. The van der Waals surface area contributed by atoms with E-state index in [0.717, 1.165) is 0 Å². The first kappa shape index (κ1) is 20.8. The lowest BCUT2D eigenvalue weighted by atomic mass is 9.96. The second-order valence-electron chi connectivity index (χ2n) is 8.09. The van der Waals surface area contributed by atoms with E-state index in [1.165, 1.54) is 16.7 Å². The van der Waals surface area contributed by atoms with Crippen molar-refractivity contribution in [2.45, 2.75) is 32.4 Å². The third-order valence-electron chi connectivity index (χ3n) is 5.98. The van der Waals surface area contributed by atoms with Crippen molar-refractivity contribution in [3.8, 4) is 0 Å². The van der Waals surface area contributed by atoms with Gasteiger partial charge in [-0.05, 0) is 43.5 Å². The maximum absolute atomic E-state index is 13.0. The molecule has 2 unspecified atom stereocenters. The van der Waals surface area contributed by atoms with Crippen LogP contribution in [-0.2, 0) is 4.79 Å². The van der Waals surface area contributed by atoms with Gasteiger partial charge in [-0.25, -0.2) is 10.9 Å². The molecule has 4 rings (SSSR count). The van der Waals surface area contributed by atoms with Crippen molar-refractivity contribution in [3.63, 3.8) is 0 Å². The molecule has 0 aliphatic carbocycles. The lowest BCUT2D eigenvalue weighted by molar-refractivity contribution is -0.134. The van der Waals surface area contributed by atoms with Crippen LogP contribution in [0.4, 0.5) is 0 Å². The van der Waals surface area contributed by atoms with Gasteiger partial charge < -0.3 is 9.80 Å². The average molecular weight is 427 g/mol. The second kappa shape index (κ2) is 8.76. The van der Waals surface area contributed by atoms with Gasteiger partial charge in [0.1, 0.15) is 6.04 Å². The van der Waals surface area contributed by atoms with Crippen LogP contribution in [0.5, 0.6) is 0 Å². The summed E-state index contributed by atoms with van der Waals surface area (Å²) in [5.74, 6) is 0.00266. The first-order chi connectivity index (χ1) is 14.4. The Morgan fingerprint density at radius 1 is 0.967 bits per heavy atom. The second-order valence-corrected chi connectivity index (χ2v) is 8.49. The molecule has 2 N–H and O–H groups in total. The lowest BCUT2D eigenvalue weighted by Crippen LogP contribution is -2.54. The van der Waals surface area contributed by atoms with Crippen LogP contribution < -0.4 is 10.9 Å². The molecule has 6 nitrogen and oxygen atoms in total. The van der Waals surface area contributed by atoms with Crippen LogP contribution in [0, 0.1) is 13.8 Å². The summed E-state index contributed by atoms with van der Waals surface area (Å²) in [6.07, 6.45) is 0.710. The zero-order valence-electron chi connectivity index (χ0n) is 17.3. The van der Waals surface area contributed by atoms with Crippen molar-refractivity contribution in [2.24, 2.45) is 0 Å². The van der Waals surface area contributed by atoms with Crippen LogP contribution in [0.3, 0.4) is 0 Å². The Hall–Kier alpha value is -2.41. The smallest absolute Gasteiger partial charge is 0.255 e. The first-order valence-corrected chi connectivity index (χ1v) is 10.7. The van der Waals surface area contributed by atoms with Crippen LogP contribution >= 0.6 is 11.6 Å². The molecule has 2 aromatic carbocycles. The van der Waals surface area contributed by atoms with Crippen molar-refractivity contribution >= 4 is 23.4 Å². The minimum atomic E-state index is -0.262. The molecular weight excluding hydrogens is 400 g/mol. The summed E-state index contributed by atoms with van der Waals surface area (Å²) in [7, 11) is 0. The molecule has 2 heterocycles. The Labute approximate surface area is 182 Å². The SMILES string of the molecule is Cc1ccc(C2CC(C(=O)N3CCN(C(=O)c4ccccc4Cl)CC3)NN2)c(C)c1. The molecule has 0 bridgehead atoms. The van der Waals surface area contributed by atoms with Gasteiger partial charge in [-0.1, -0.05) is 47.5 Å². The summed E-state index contributed by atoms with van der Waals surface area (Å²) in [5, 5.41) is 0.458. The number of aryl methyl sites for hydroxylation is 2. The summed E-state index contributed by atoms with van der Waals surface area (Å²) >= 11 is 6.16. The monoisotopic (exact) mass is 426 g/mol. The number of nitrogens with one attached hydrogen (secondary N) is 2. The number of halogens is 1. The van der Waals surface area contributed by atoms with E-state index in [-0.39, 0.29) is 23.9 Å². The normalized spacial score (nSPS) is 21.7.